The first-order valence-electron chi connectivity index (χ1n) is 4.40. The summed E-state index contributed by atoms with van der Waals surface area (Å²) in [6.07, 6.45) is 1.79. The van der Waals surface area contributed by atoms with Gasteiger partial charge < -0.3 is 9.47 Å². The lowest BCUT2D eigenvalue weighted by atomic mass is 10.2. The molecule has 0 aromatic carbocycles. The number of carbonyl (C=O) groups excluding carboxylic acids is 1. The second-order valence-corrected chi connectivity index (χ2v) is 2.67. The summed E-state index contributed by atoms with van der Waals surface area (Å²) in [7, 11) is 1.57. The van der Waals surface area contributed by atoms with Gasteiger partial charge in [0.25, 0.3) is 0 Å². The topological polar surface area (TPSA) is 48.4 Å². The van der Waals surface area contributed by atoms with Crippen molar-refractivity contribution in [3.05, 3.63) is 24.0 Å². The van der Waals surface area contributed by atoms with E-state index in [0.29, 0.717) is 18.1 Å². The molecule has 0 saturated heterocycles. The van der Waals surface area contributed by atoms with Crippen LogP contribution in [-0.4, -0.2) is 24.7 Å². The lowest BCUT2D eigenvalue weighted by molar-refractivity contribution is -0.142. The molecule has 0 bridgehead atoms. The van der Waals surface area contributed by atoms with E-state index in [4.69, 9.17) is 9.47 Å². The zero-order valence-corrected chi connectivity index (χ0v) is 8.32. The summed E-state index contributed by atoms with van der Waals surface area (Å²) in [5.74, 6) is 0.424. The summed E-state index contributed by atoms with van der Waals surface area (Å²) in [5.41, 5.74) is 0.655. The van der Waals surface area contributed by atoms with Gasteiger partial charge >= 0.3 is 5.97 Å². The molecule has 1 rings (SSSR count). The molecular formula is C10H13NO3. The largest absolute Gasteiger partial charge is 0.497 e. The van der Waals surface area contributed by atoms with Crippen LogP contribution >= 0.6 is 0 Å². The van der Waals surface area contributed by atoms with Crippen molar-refractivity contribution < 1.29 is 14.3 Å². The minimum Gasteiger partial charge on any atom is -0.497 e. The second kappa shape index (κ2) is 5.21. The molecule has 0 radical (unpaired) electrons. The van der Waals surface area contributed by atoms with Crippen LogP contribution in [0, 0.1) is 0 Å². The average molecular weight is 195 g/mol. The maximum atomic E-state index is 11.1. The van der Waals surface area contributed by atoms with Crippen LogP contribution in [0.25, 0.3) is 0 Å². The first-order valence-corrected chi connectivity index (χ1v) is 4.40. The van der Waals surface area contributed by atoms with Crippen molar-refractivity contribution in [1.82, 2.24) is 4.98 Å². The third kappa shape index (κ3) is 3.05. The molecule has 14 heavy (non-hydrogen) atoms. The van der Waals surface area contributed by atoms with E-state index < -0.39 is 0 Å². The van der Waals surface area contributed by atoms with Gasteiger partial charge in [0.2, 0.25) is 0 Å². The maximum Gasteiger partial charge on any atom is 0.311 e. The Balaban J connectivity index is 2.62. The number of rotatable bonds is 4. The fourth-order valence-electron chi connectivity index (χ4n) is 1.04. The van der Waals surface area contributed by atoms with Crippen LogP contribution in [0.1, 0.15) is 12.6 Å². The predicted octanol–water partition coefficient (Wildman–Crippen LogP) is 1.20. The number of pyridine rings is 1. The van der Waals surface area contributed by atoms with E-state index in [1.54, 1.807) is 32.4 Å². The molecule has 1 aromatic rings. The van der Waals surface area contributed by atoms with Gasteiger partial charge in [-0.3, -0.25) is 9.78 Å². The highest BCUT2D eigenvalue weighted by Crippen LogP contribution is 2.10. The fourth-order valence-corrected chi connectivity index (χ4v) is 1.04. The van der Waals surface area contributed by atoms with Gasteiger partial charge in [0.1, 0.15) is 5.75 Å². The minimum absolute atomic E-state index is 0.186. The van der Waals surface area contributed by atoms with Crippen LogP contribution in [0.2, 0.25) is 0 Å². The first kappa shape index (κ1) is 10.5. The van der Waals surface area contributed by atoms with E-state index in [2.05, 4.69) is 4.98 Å². The van der Waals surface area contributed by atoms with Crippen LogP contribution in [-0.2, 0) is 16.0 Å². The molecule has 0 N–H and O–H groups in total. The zero-order chi connectivity index (χ0) is 10.4. The van der Waals surface area contributed by atoms with E-state index in [1.807, 2.05) is 0 Å². The Morgan fingerprint density at radius 1 is 1.57 bits per heavy atom. The number of esters is 1. The van der Waals surface area contributed by atoms with Gasteiger partial charge in [0.05, 0.1) is 25.8 Å². The highest BCUT2D eigenvalue weighted by Gasteiger charge is 2.05. The number of aromatic nitrogens is 1. The quantitative estimate of drug-likeness (QED) is 0.677. The summed E-state index contributed by atoms with van der Waals surface area (Å²) < 4.78 is 9.80. The third-order valence-corrected chi connectivity index (χ3v) is 1.65. The molecule has 0 fully saturated rings. The number of hydrogen-bond donors (Lipinski definition) is 0. The molecule has 1 aromatic heterocycles. The number of ether oxygens (including phenoxy) is 2. The average Bonchev–Trinajstić information content (AvgIpc) is 2.18. The van der Waals surface area contributed by atoms with Crippen LogP contribution in [0.3, 0.4) is 0 Å². The van der Waals surface area contributed by atoms with Crippen molar-refractivity contribution in [2.45, 2.75) is 13.3 Å². The van der Waals surface area contributed by atoms with Crippen LogP contribution < -0.4 is 4.74 Å². The Hall–Kier alpha value is -1.58. The lowest BCUT2D eigenvalue weighted by Gasteiger charge is -2.03. The molecular weight excluding hydrogens is 182 g/mol. The van der Waals surface area contributed by atoms with Crippen LogP contribution in [0.4, 0.5) is 0 Å². The van der Waals surface area contributed by atoms with Crippen molar-refractivity contribution in [2.75, 3.05) is 13.7 Å². The summed E-state index contributed by atoms with van der Waals surface area (Å²) in [6, 6.07) is 3.45. The Morgan fingerprint density at radius 2 is 2.36 bits per heavy atom. The highest BCUT2D eigenvalue weighted by atomic mass is 16.5. The fraction of sp³-hybridized carbons (Fsp3) is 0.400. The summed E-state index contributed by atoms with van der Waals surface area (Å²) >= 11 is 0. The van der Waals surface area contributed by atoms with Gasteiger partial charge in [-0.15, -0.1) is 0 Å². The van der Waals surface area contributed by atoms with Gasteiger partial charge in [0.15, 0.2) is 0 Å². The SMILES string of the molecule is CCOC(=O)Cc1cc(OC)ccn1. The number of methoxy groups -OCH3 is 1. The Kier molecular flexibility index (Phi) is 3.91. The Morgan fingerprint density at radius 3 is 3.00 bits per heavy atom. The van der Waals surface area contributed by atoms with Gasteiger partial charge in [-0.25, -0.2) is 0 Å². The molecule has 0 atom stereocenters. The van der Waals surface area contributed by atoms with E-state index >= 15 is 0 Å². The number of nitrogens with zero attached hydrogens (tertiary/aromatic N) is 1. The van der Waals surface area contributed by atoms with Crippen LogP contribution in [0.5, 0.6) is 5.75 Å². The third-order valence-electron chi connectivity index (χ3n) is 1.65. The van der Waals surface area contributed by atoms with Gasteiger partial charge in [-0.05, 0) is 13.0 Å². The number of hydrogen-bond acceptors (Lipinski definition) is 4. The molecule has 0 amide bonds. The predicted molar refractivity (Wildman–Crippen MR) is 51.1 cm³/mol. The molecule has 0 spiro atoms. The van der Waals surface area contributed by atoms with E-state index in [9.17, 15) is 4.79 Å². The standard InChI is InChI=1S/C10H13NO3/c1-3-14-10(12)7-8-6-9(13-2)4-5-11-8/h4-6H,3,7H2,1-2H3. The molecule has 4 heteroatoms. The van der Waals surface area contributed by atoms with Gasteiger partial charge in [-0.1, -0.05) is 0 Å². The van der Waals surface area contributed by atoms with Crippen molar-refractivity contribution in [2.24, 2.45) is 0 Å². The lowest BCUT2D eigenvalue weighted by Crippen LogP contribution is -2.08. The molecule has 1 heterocycles. The molecule has 76 valence electrons. The summed E-state index contributed by atoms with van der Waals surface area (Å²) in [4.78, 5) is 15.1. The number of carbonyl (C=O) groups is 1. The van der Waals surface area contributed by atoms with Gasteiger partial charge in [0, 0.05) is 12.3 Å². The van der Waals surface area contributed by atoms with Crippen molar-refractivity contribution in [3.8, 4) is 5.75 Å². The van der Waals surface area contributed by atoms with Crippen molar-refractivity contribution in [3.63, 3.8) is 0 Å². The van der Waals surface area contributed by atoms with Crippen LogP contribution in [0.15, 0.2) is 18.3 Å². The maximum absolute atomic E-state index is 11.1. The molecule has 0 saturated carbocycles. The zero-order valence-electron chi connectivity index (χ0n) is 8.32. The van der Waals surface area contributed by atoms with E-state index in [0.717, 1.165) is 0 Å². The Labute approximate surface area is 82.9 Å². The van der Waals surface area contributed by atoms with E-state index in [1.165, 1.54) is 0 Å². The first-order chi connectivity index (χ1) is 6.76. The Bertz CT molecular complexity index is 312. The minimum atomic E-state index is -0.270. The smallest absolute Gasteiger partial charge is 0.311 e. The highest BCUT2D eigenvalue weighted by molar-refractivity contribution is 5.72. The molecule has 4 nitrogen and oxygen atoms in total. The van der Waals surface area contributed by atoms with Crippen molar-refractivity contribution >= 4 is 5.97 Å². The van der Waals surface area contributed by atoms with Crippen molar-refractivity contribution in [1.29, 1.82) is 0 Å². The second-order valence-electron chi connectivity index (χ2n) is 2.67. The summed E-state index contributed by atoms with van der Waals surface area (Å²) in [5, 5.41) is 0. The van der Waals surface area contributed by atoms with Gasteiger partial charge in [-0.2, -0.15) is 0 Å². The van der Waals surface area contributed by atoms with E-state index in [-0.39, 0.29) is 12.4 Å². The monoisotopic (exact) mass is 195 g/mol. The molecule has 0 aliphatic rings. The molecule has 0 aliphatic heterocycles. The molecule has 0 aliphatic carbocycles. The normalized spacial score (nSPS) is 9.57. The summed E-state index contributed by atoms with van der Waals surface area (Å²) in [6.45, 7) is 2.17. The molecule has 0 unspecified atom stereocenters.